The fourth-order valence-electron chi connectivity index (χ4n) is 5.28. The number of thiophene rings is 1. The highest BCUT2D eigenvalue weighted by Crippen LogP contribution is 2.45. The van der Waals surface area contributed by atoms with Crippen LogP contribution in [0.25, 0.3) is 32.9 Å². The molecule has 186 valence electrons. The van der Waals surface area contributed by atoms with Gasteiger partial charge >= 0.3 is 0 Å². The minimum Gasteiger partial charge on any atom is -0.496 e. The molecule has 0 saturated heterocycles. The van der Waals surface area contributed by atoms with Crippen LogP contribution in [0.4, 0.5) is 0 Å². The Balaban J connectivity index is 1.65. The number of methoxy groups -OCH3 is 2. The average molecular weight is 499 g/mol. The van der Waals surface area contributed by atoms with E-state index in [1.807, 2.05) is 17.4 Å². The Hall–Kier alpha value is -3.12. The van der Waals surface area contributed by atoms with Gasteiger partial charge in [0.2, 0.25) is 0 Å². The minimum absolute atomic E-state index is 0.403. The third-order valence-electron chi connectivity index (χ3n) is 7.14. The molecule has 1 unspecified atom stereocenters. The Morgan fingerprint density at radius 3 is 2.11 bits per heavy atom. The highest BCUT2D eigenvalue weighted by Gasteiger charge is 2.25. The van der Waals surface area contributed by atoms with Crippen molar-refractivity contribution in [3.8, 4) is 22.6 Å². The fraction of sp³-hybridized carbons (Fsp3) is 0.290. The molecule has 0 spiro atoms. The molecule has 1 atom stereocenters. The monoisotopic (exact) mass is 498 g/mol. The summed E-state index contributed by atoms with van der Waals surface area (Å²) in [5, 5.41) is 1.29. The topological polar surface area (TPSA) is 70.5 Å². The maximum atomic E-state index is 5.85. The molecule has 0 saturated carbocycles. The molecular weight excluding hydrogens is 464 g/mol. The number of hydrogen-bond acceptors (Lipinski definition) is 5. The maximum absolute atomic E-state index is 5.85. The summed E-state index contributed by atoms with van der Waals surface area (Å²) in [6.07, 6.45) is 5.12. The van der Waals surface area contributed by atoms with E-state index in [1.54, 1.807) is 14.2 Å². The van der Waals surface area contributed by atoms with E-state index in [4.69, 9.17) is 20.9 Å². The van der Waals surface area contributed by atoms with Gasteiger partial charge in [-0.05, 0) is 109 Å². The molecule has 3 aromatic carbocycles. The van der Waals surface area contributed by atoms with Gasteiger partial charge in [0.15, 0.2) is 0 Å². The lowest BCUT2D eigenvalue weighted by molar-refractivity contribution is 0.412. The molecule has 4 nitrogen and oxygen atoms in total. The molecule has 0 aliphatic heterocycles. The average Bonchev–Trinajstić information content (AvgIpc) is 3.24. The fourth-order valence-corrected chi connectivity index (χ4v) is 6.57. The van der Waals surface area contributed by atoms with Gasteiger partial charge in [0, 0.05) is 26.1 Å². The molecule has 0 fully saturated rings. The van der Waals surface area contributed by atoms with Crippen LogP contribution in [0.15, 0.2) is 54.6 Å². The summed E-state index contributed by atoms with van der Waals surface area (Å²) < 4.78 is 12.8. The lowest BCUT2D eigenvalue weighted by Crippen LogP contribution is -2.09. The smallest absolute Gasteiger partial charge is 0.126 e. The van der Waals surface area contributed by atoms with Crippen LogP contribution >= 0.6 is 11.3 Å². The number of hydrogen-bond donors (Lipinski definition) is 2. The second-order valence-electron chi connectivity index (χ2n) is 9.50. The number of ether oxygens (including phenoxy) is 2. The van der Waals surface area contributed by atoms with Crippen molar-refractivity contribution in [1.82, 2.24) is 0 Å². The SMILES string of the molecule is COc1ccc(CCN)cc1C1=Cc2c(sc3ccc(-c4cc(CCN)ccc4OC)cc23)CC1C. The first-order valence-corrected chi connectivity index (χ1v) is 13.4. The molecule has 36 heavy (non-hydrogen) atoms. The van der Waals surface area contributed by atoms with E-state index in [-0.39, 0.29) is 0 Å². The highest BCUT2D eigenvalue weighted by molar-refractivity contribution is 7.19. The van der Waals surface area contributed by atoms with Crippen LogP contribution < -0.4 is 20.9 Å². The van der Waals surface area contributed by atoms with Crippen LogP contribution in [0.1, 0.15) is 34.1 Å². The predicted molar refractivity (Wildman–Crippen MR) is 153 cm³/mol. The lowest BCUT2D eigenvalue weighted by atomic mass is 9.83. The maximum Gasteiger partial charge on any atom is 0.126 e. The van der Waals surface area contributed by atoms with E-state index in [0.717, 1.165) is 41.9 Å². The van der Waals surface area contributed by atoms with Gasteiger partial charge in [0.05, 0.1) is 14.2 Å². The molecule has 1 aromatic heterocycles. The molecule has 1 aliphatic rings. The van der Waals surface area contributed by atoms with Gasteiger partial charge in [-0.1, -0.05) is 25.1 Å². The summed E-state index contributed by atoms with van der Waals surface area (Å²) >= 11 is 1.91. The molecule has 5 heteroatoms. The van der Waals surface area contributed by atoms with Crippen LogP contribution in [-0.2, 0) is 19.3 Å². The summed E-state index contributed by atoms with van der Waals surface area (Å²) in [6, 6.07) is 19.6. The Bertz CT molecular complexity index is 1440. The standard InChI is InChI=1S/C31H34N2O2S/c1-19-14-31-27(18-23(19)25-16-21(11-13-33)5-8-29(25)35-3)26-17-22(6-9-30(26)36-31)24-15-20(10-12-32)4-7-28(24)34-2/h4-9,15-19H,10-14,32-33H2,1-3H3. The summed E-state index contributed by atoms with van der Waals surface area (Å²) in [4.78, 5) is 1.44. The molecule has 0 bridgehead atoms. The van der Waals surface area contributed by atoms with Crippen molar-refractivity contribution in [2.24, 2.45) is 17.4 Å². The van der Waals surface area contributed by atoms with E-state index in [2.05, 4.69) is 61.5 Å². The zero-order chi connectivity index (χ0) is 25.2. The Morgan fingerprint density at radius 1 is 0.833 bits per heavy atom. The molecule has 0 radical (unpaired) electrons. The number of fused-ring (bicyclic) bond motifs is 3. The molecule has 0 amide bonds. The van der Waals surface area contributed by atoms with Gasteiger partial charge in [0.25, 0.3) is 0 Å². The van der Waals surface area contributed by atoms with Crippen molar-refractivity contribution >= 4 is 33.1 Å². The van der Waals surface area contributed by atoms with Gasteiger partial charge in [-0.3, -0.25) is 0 Å². The first-order valence-electron chi connectivity index (χ1n) is 12.6. The van der Waals surface area contributed by atoms with Crippen molar-refractivity contribution in [3.05, 3.63) is 81.7 Å². The van der Waals surface area contributed by atoms with E-state index < -0.39 is 0 Å². The van der Waals surface area contributed by atoms with Gasteiger partial charge in [-0.25, -0.2) is 0 Å². The summed E-state index contributed by atoms with van der Waals surface area (Å²) in [6.45, 7) is 3.58. The normalized spacial score (nSPS) is 15.0. The van der Waals surface area contributed by atoms with E-state index in [9.17, 15) is 0 Å². The zero-order valence-electron chi connectivity index (χ0n) is 21.3. The minimum atomic E-state index is 0.403. The number of rotatable bonds is 8. The zero-order valence-corrected chi connectivity index (χ0v) is 22.1. The largest absolute Gasteiger partial charge is 0.496 e. The number of nitrogens with two attached hydrogens (primary N) is 2. The highest BCUT2D eigenvalue weighted by atomic mass is 32.1. The van der Waals surface area contributed by atoms with Crippen LogP contribution in [0.5, 0.6) is 11.5 Å². The van der Waals surface area contributed by atoms with E-state index in [1.165, 1.54) is 42.8 Å². The Morgan fingerprint density at radius 2 is 1.47 bits per heavy atom. The Labute approximate surface area is 217 Å². The van der Waals surface area contributed by atoms with Gasteiger partial charge < -0.3 is 20.9 Å². The molecule has 1 aliphatic carbocycles. The lowest BCUT2D eigenvalue weighted by Gasteiger charge is -2.23. The molecule has 5 rings (SSSR count). The van der Waals surface area contributed by atoms with Crippen LogP contribution in [0, 0.1) is 5.92 Å². The molecular formula is C31H34N2O2S. The van der Waals surface area contributed by atoms with Crippen molar-refractivity contribution < 1.29 is 9.47 Å². The van der Waals surface area contributed by atoms with E-state index in [0.29, 0.717) is 19.0 Å². The van der Waals surface area contributed by atoms with Gasteiger partial charge in [-0.15, -0.1) is 11.3 Å². The van der Waals surface area contributed by atoms with E-state index >= 15 is 0 Å². The molecule has 4 N–H and O–H groups in total. The van der Waals surface area contributed by atoms with Crippen LogP contribution in [0.2, 0.25) is 0 Å². The van der Waals surface area contributed by atoms with Gasteiger partial charge in [-0.2, -0.15) is 0 Å². The first kappa shape index (κ1) is 24.6. The predicted octanol–water partition coefficient (Wildman–Crippen LogP) is 6.32. The number of allylic oxidation sites excluding steroid dienone is 1. The van der Waals surface area contributed by atoms with Crippen LogP contribution in [0.3, 0.4) is 0 Å². The third kappa shape index (κ3) is 4.55. The quantitative estimate of drug-likeness (QED) is 0.298. The second kappa shape index (κ2) is 10.5. The summed E-state index contributed by atoms with van der Waals surface area (Å²) in [5.41, 5.74) is 20.2. The Kier molecular flexibility index (Phi) is 7.15. The second-order valence-corrected chi connectivity index (χ2v) is 10.6. The first-order chi connectivity index (χ1) is 17.6. The molecule has 1 heterocycles. The van der Waals surface area contributed by atoms with Crippen molar-refractivity contribution in [3.63, 3.8) is 0 Å². The molecule has 4 aromatic rings. The van der Waals surface area contributed by atoms with Crippen molar-refractivity contribution in [2.75, 3.05) is 27.3 Å². The van der Waals surface area contributed by atoms with Crippen molar-refractivity contribution in [1.29, 1.82) is 0 Å². The van der Waals surface area contributed by atoms with Crippen molar-refractivity contribution in [2.45, 2.75) is 26.2 Å². The van der Waals surface area contributed by atoms with Crippen LogP contribution in [-0.4, -0.2) is 27.3 Å². The number of benzene rings is 3. The third-order valence-corrected chi connectivity index (χ3v) is 8.35. The summed E-state index contributed by atoms with van der Waals surface area (Å²) in [5.74, 6) is 2.20. The summed E-state index contributed by atoms with van der Waals surface area (Å²) in [7, 11) is 3.48. The van der Waals surface area contributed by atoms with Gasteiger partial charge in [0.1, 0.15) is 11.5 Å².